The number of carboxylic acid groups (broad SMARTS) is 1. The zero-order chi connectivity index (χ0) is 35.3. The number of hydrogen-bond acceptors (Lipinski definition) is 8. The number of nitrogens with zero attached hydrogens (tertiary/aromatic N) is 1. The second-order valence-electron chi connectivity index (χ2n) is 12.8. The van der Waals surface area contributed by atoms with E-state index in [9.17, 15) is 24.6 Å². The molecule has 0 saturated carbocycles. The van der Waals surface area contributed by atoms with E-state index in [1.165, 1.54) is 33.3 Å². The van der Waals surface area contributed by atoms with E-state index in [0.29, 0.717) is 29.4 Å². The summed E-state index contributed by atoms with van der Waals surface area (Å²) in [5, 5.41) is 27.9. The molecule has 12 nitrogen and oxygen atoms in total. The number of methoxy groups -OCH3 is 4. The van der Waals surface area contributed by atoms with E-state index in [-0.39, 0.29) is 37.6 Å². The zero-order valence-corrected chi connectivity index (χ0v) is 29.2. The Balaban J connectivity index is 2.58. The molecule has 3 amide bonds. The maximum atomic E-state index is 14.1. The molecular weight excluding hydrogens is 606 g/mol. The SMILES string of the molecule is COCCNC(=O)[C@@H](NC(=O)[C@H](Cc1cc(OC)c(OC)c(OC)c1)C[C@H](O)[C@H](Cc1ccccc1)N(C(=O)O)C(C)(C)C)C(C)C. The van der Waals surface area contributed by atoms with Crippen molar-refractivity contribution in [1.82, 2.24) is 15.5 Å². The Kier molecular flexibility index (Phi) is 15.3. The summed E-state index contributed by atoms with van der Waals surface area (Å²) in [6.45, 7) is 9.55. The molecule has 0 saturated heterocycles. The molecule has 4 N–H and O–H groups in total. The van der Waals surface area contributed by atoms with Gasteiger partial charge in [0.1, 0.15) is 6.04 Å². The standard InChI is InChI=1S/C35H53N3O9/c1-22(2)30(33(41)36-15-16-44-6)37-32(40)25(17-24-19-28(45-7)31(47-9)29(20-24)46-8)21-27(39)26(18-23-13-11-10-12-14-23)38(34(42)43)35(3,4)5/h10-14,19-20,22,25-27,30,39H,15-18,21H2,1-9H3,(H,36,41)(H,37,40)(H,42,43)/t25-,26+,27+,30+/m1/s1. The lowest BCUT2D eigenvalue weighted by Crippen LogP contribution is -2.57. The highest BCUT2D eigenvalue weighted by atomic mass is 16.5. The Morgan fingerprint density at radius 2 is 1.47 bits per heavy atom. The van der Waals surface area contributed by atoms with Crippen molar-refractivity contribution in [2.24, 2.45) is 11.8 Å². The van der Waals surface area contributed by atoms with E-state index < -0.39 is 41.6 Å². The topological polar surface area (TPSA) is 156 Å². The van der Waals surface area contributed by atoms with Crippen LogP contribution in [0.1, 0.15) is 52.2 Å². The van der Waals surface area contributed by atoms with Gasteiger partial charge in [-0.15, -0.1) is 0 Å². The van der Waals surface area contributed by atoms with Crippen molar-refractivity contribution in [3.8, 4) is 17.2 Å². The van der Waals surface area contributed by atoms with Crippen molar-refractivity contribution < 1.29 is 43.5 Å². The summed E-state index contributed by atoms with van der Waals surface area (Å²) in [6.07, 6.45) is -2.19. The molecule has 12 heteroatoms. The lowest BCUT2D eigenvalue weighted by atomic mass is 9.86. The van der Waals surface area contributed by atoms with Gasteiger partial charge in [-0.3, -0.25) is 14.5 Å². The number of aliphatic hydroxyl groups is 1. The van der Waals surface area contributed by atoms with Crippen LogP contribution in [0.5, 0.6) is 17.2 Å². The van der Waals surface area contributed by atoms with Crippen LogP contribution in [-0.4, -0.2) is 98.3 Å². The number of ether oxygens (including phenoxy) is 4. The summed E-state index contributed by atoms with van der Waals surface area (Å²) < 4.78 is 21.5. The van der Waals surface area contributed by atoms with E-state index in [2.05, 4.69) is 10.6 Å². The van der Waals surface area contributed by atoms with E-state index >= 15 is 0 Å². The quantitative estimate of drug-likeness (QED) is 0.174. The Morgan fingerprint density at radius 1 is 0.872 bits per heavy atom. The predicted octanol–water partition coefficient (Wildman–Crippen LogP) is 3.92. The summed E-state index contributed by atoms with van der Waals surface area (Å²) in [5.41, 5.74) is 0.636. The third kappa shape index (κ3) is 11.3. The van der Waals surface area contributed by atoms with Gasteiger partial charge in [0.2, 0.25) is 17.6 Å². The van der Waals surface area contributed by atoms with Gasteiger partial charge in [0, 0.05) is 25.1 Å². The number of aliphatic hydroxyl groups excluding tert-OH is 1. The number of benzene rings is 2. The molecule has 0 aliphatic carbocycles. The van der Waals surface area contributed by atoms with Gasteiger partial charge in [-0.05, 0) is 69.2 Å². The predicted molar refractivity (Wildman–Crippen MR) is 179 cm³/mol. The van der Waals surface area contributed by atoms with Crippen LogP contribution in [0.15, 0.2) is 42.5 Å². The average molecular weight is 660 g/mol. The highest BCUT2D eigenvalue weighted by molar-refractivity contribution is 5.88. The summed E-state index contributed by atoms with van der Waals surface area (Å²) in [5.74, 6) is -0.773. The van der Waals surface area contributed by atoms with Crippen LogP contribution in [0, 0.1) is 11.8 Å². The first-order valence-electron chi connectivity index (χ1n) is 15.8. The highest BCUT2D eigenvalue weighted by Gasteiger charge is 2.39. The Bertz CT molecular complexity index is 1270. The van der Waals surface area contributed by atoms with Gasteiger partial charge in [-0.1, -0.05) is 44.2 Å². The van der Waals surface area contributed by atoms with Gasteiger partial charge < -0.3 is 39.8 Å². The first-order chi connectivity index (χ1) is 22.2. The molecular formula is C35H53N3O9. The molecule has 0 bridgehead atoms. The van der Waals surface area contributed by atoms with Crippen molar-refractivity contribution in [3.05, 3.63) is 53.6 Å². The zero-order valence-electron chi connectivity index (χ0n) is 29.2. The molecule has 0 fully saturated rings. The van der Waals surface area contributed by atoms with Gasteiger partial charge in [-0.2, -0.15) is 0 Å². The van der Waals surface area contributed by atoms with Crippen LogP contribution < -0.4 is 24.8 Å². The highest BCUT2D eigenvalue weighted by Crippen LogP contribution is 2.39. The fourth-order valence-corrected chi connectivity index (χ4v) is 5.64. The largest absolute Gasteiger partial charge is 0.493 e. The minimum atomic E-state index is -1.25. The van der Waals surface area contributed by atoms with Crippen molar-refractivity contribution in [1.29, 1.82) is 0 Å². The average Bonchev–Trinajstić information content (AvgIpc) is 3.01. The number of rotatable bonds is 18. The number of carbonyl (C=O) groups excluding carboxylic acids is 2. The maximum Gasteiger partial charge on any atom is 0.408 e. The smallest absolute Gasteiger partial charge is 0.408 e. The number of hydrogen-bond donors (Lipinski definition) is 4. The van der Waals surface area contributed by atoms with Gasteiger partial charge in [0.15, 0.2) is 11.5 Å². The van der Waals surface area contributed by atoms with Crippen molar-refractivity contribution >= 4 is 17.9 Å². The van der Waals surface area contributed by atoms with Crippen LogP contribution in [0.4, 0.5) is 4.79 Å². The van der Waals surface area contributed by atoms with E-state index in [1.54, 1.807) is 32.9 Å². The van der Waals surface area contributed by atoms with E-state index in [0.717, 1.165) is 5.56 Å². The summed E-state index contributed by atoms with van der Waals surface area (Å²) >= 11 is 0. The molecule has 262 valence electrons. The Labute approximate surface area is 278 Å². The molecule has 2 rings (SSSR count). The lowest BCUT2D eigenvalue weighted by Gasteiger charge is -2.42. The lowest BCUT2D eigenvalue weighted by molar-refractivity contribution is -0.133. The third-order valence-electron chi connectivity index (χ3n) is 7.95. The Hall–Kier alpha value is -4.03. The van der Waals surface area contributed by atoms with Crippen molar-refractivity contribution in [3.63, 3.8) is 0 Å². The normalized spacial score (nSPS) is 14.0. The summed E-state index contributed by atoms with van der Waals surface area (Å²) in [4.78, 5) is 41.1. The second-order valence-corrected chi connectivity index (χ2v) is 12.8. The first kappa shape index (κ1) is 39.1. The summed E-state index contributed by atoms with van der Waals surface area (Å²) in [7, 11) is 6.01. The number of nitrogens with one attached hydrogen (secondary N) is 2. The minimum Gasteiger partial charge on any atom is -0.493 e. The fourth-order valence-electron chi connectivity index (χ4n) is 5.64. The molecule has 47 heavy (non-hydrogen) atoms. The van der Waals surface area contributed by atoms with Crippen LogP contribution in [0.25, 0.3) is 0 Å². The molecule has 0 unspecified atom stereocenters. The van der Waals surface area contributed by atoms with Crippen LogP contribution in [0.3, 0.4) is 0 Å². The number of amides is 3. The molecule has 2 aromatic rings. The monoisotopic (exact) mass is 659 g/mol. The molecule has 0 aromatic heterocycles. The third-order valence-corrected chi connectivity index (χ3v) is 7.95. The van der Waals surface area contributed by atoms with Crippen LogP contribution in [0.2, 0.25) is 0 Å². The second kappa shape index (κ2) is 18.3. The maximum absolute atomic E-state index is 14.1. The van der Waals surface area contributed by atoms with E-state index in [4.69, 9.17) is 18.9 Å². The molecule has 2 aromatic carbocycles. The van der Waals surface area contributed by atoms with Gasteiger partial charge >= 0.3 is 6.09 Å². The molecule has 0 heterocycles. The van der Waals surface area contributed by atoms with Crippen molar-refractivity contribution in [2.75, 3.05) is 41.6 Å². The van der Waals surface area contributed by atoms with Crippen LogP contribution >= 0.6 is 0 Å². The Morgan fingerprint density at radius 3 is 1.94 bits per heavy atom. The van der Waals surface area contributed by atoms with Crippen LogP contribution in [-0.2, 0) is 27.2 Å². The molecule has 0 aliphatic heterocycles. The minimum absolute atomic E-state index is 0.101. The van der Waals surface area contributed by atoms with E-state index in [1.807, 2.05) is 44.2 Å². The van der Waals surface area contributed by atoms with Gasteiger partial charge in [0.05, 0.1) is 40.1 Å². The van der Waals surface area contributed by atoms with Crippen molar-refractivity contribution in [2.45, 2.75) is 77.6 Å². The molecule has 0 aliphatic rings. The molecule has 0 radical (unpaired) electrons. The number of carbonyl (C=O) groups is 3. The molecule has 0 spiro atoms. The fraction of sp³-hybridized carbons (Fsp3) is 0.571. The van der Waals surface area contributed by atoms with Gasteiger partial charge in [0.25, 0.3) is 0 Å². The summed E-state index contributed by atoms with van der Waals surface area (Å²) in [6, 6.07) is 11.0. The molecule has 4 atom stereocenters. The first-order valence-corrected chi connectivity index (χ1v) is 15.8. The van der Waals surface area contributed by atoms with Gasteiger partial charge in [-0.25, -0.2) is 4.79 Å².